The molecule has 1 heterocycles. The topological polar surface area (TPSA) is 177 Å². The van der Waals surface area contributed by atoms with Crippen LogP contribution in [0.4, 0.5) is 0 Å². The van der Waals surface area contributed by atoms with Gasteiger partial charge in [0.25, 0.3) is 0 Å². The molecule has 5 atom stereocenters. The van der Waals surface area contributed by atoms with Crippen molar-refractivity contribution in [2.75, 3.05) is 43.8 Å². The lowest BCUT2D eigenvalue weighted by atomic mass is 9.87. The average molecular weight is 983 g/mol. The zero-order chi connectivity index (χ0) is 46.4. The molecule has 0 radical (unpaired) electrons. The number of ketones is 3. The minimum absolute atomic E-state index is 0.00501. The van der Waals surface area contributed by atoms with Gasteiger partial charge in [-0.2, -0.15) is 0 Å². The number of esters is 1. The summed E-state index contributed by atoms with van der Waals surface area (Å²) in [7, 11) is 0. The Bertz CT molecular complexity index is 1850. The fourth-order valence-electron chi connectivity index (χ4n) is 7.49. The molecule has 13 nitrogen and oxygen atoms in total. The molecule has 1 fully saturated rings. The molecule has 0 saturated carbocycles. The molecule has 0 aromatic heterocycles. The summed E-state index contributed by atoms with van der Waals surface area (Å²) in [6, 6.07) is 17.0. The maximum atomic E-state index is 14.5. The van der Waals surface area contributed by atoms with Crippen LogP contribution in [0.15, 0.2) is 60.7 Å². The van der Waals surface area contributed by atoms with Gasteiger partial charge in [-0.25, -0.2) is 0 Å². The standard InChI is InChI=1S/C49H67IN4O9/c1-7-22-51-44(57)20-21-45(58)63-49(6,33-50)46(59)42(28-35(4)5)53-48(61)39(29-37-16-12-9-13-17-37)31-43(56)41(27-34(2)3)52-47(60)38(19-18-36-14-10-8-11-15-36)30-40(55)32-54-23-25-62-26-24-54/h1,8-17,34-35,38-39,41-42H,18-33H2,2-6H3,(H,51,57)(H,52,60)(H,53,61)/t38-,39-,41+,42+,49-/m1/s1. The predicted molar refractivity (Wildman–Crippen MR) is 251 cm³/mol. The van der Waals surface area contributed by atoms with Gasteiger partial charge in [0.1, 0.15) is 5.78 Å². The van der Waals surface area contributed by atoms with Crippen LogP contribution in [0.5, 0.6) is 0 Å². The van der Waals surface area contributed by atoms with Gasteiger partial charge >= 0.3 is 5.97 Å². The molecule has 2 aromatic rings. The first-order chi connectivity index (χ1) is 30.0. The van der Waals surface area contributed by atoms with Gasteiger partial charge in [-0.3, -0.25) is 38.5 Å². The second-order valence-corrected chi connectivity index (χ2v) is 18.2. The highest BCUT2D eigenvalue weighted by Crippen LogP contribution is 2.24. The second-order valence-electron chi connectivity index (χ2n) is 17.5. The van der Waals surface area contributed by atoms with Crippen LogP contribution in [0, 0.1) is 36.0 Å². The number of Topliss-reactive ketones (excluding diaryl/α,β-unsaturated/α-hetero) is 3. The molecular weight excluding hydrogens is 915 g/mol. The maximum absolute atomic E-state index is 14.5. The Morgan fingerprint density at radius 1 is 0.810 bits per heavy atom. The molecule has 3 N–H and O–H groups in total. The number of nitrogens with one attached hydrogen (secondary N) is 3. The highest BCUT2D eigenvalue weighted by molar-refractivity contribution is 14.1. The smallest absolute Gasteiger partial charge is 0.307 e. The van der Waals surface area contributed by atoms with Crippen LogP contribution < -0.4 is 16.0 Å². The van der Waals surface area contributed by atoms with Gasteiger partial charge in [0, 0.05) is 48.6 Å². The van der Waals surface area contributed by atoms with E-state index >= 15 is 0 Å². The summed E-state index contributed by atoms with van der Waals surface area (Å²) in [5.74, 6) is -2.34. The number of aryl methyl sites for hydroxylation is 1. The van der Waals surface area contributed by atoms with Crippen molar-refractivity contribution >= 4 is 63.6 Å². The minimum Gasteiger partial charge on any atom is -0.450 e. The first kappa shape index (κ1) is 52.9. The molecule has 2 aromatic carbocycles. The normalized spacial score (nSPS) is 15.8. The van der Waals surface area contributed by atoms with E-state index in [1.54, 1.807) is 0 Å². The number of alkyl halides is 1. The number of rotatable bonds is 28. The molecule has 14 heteroatoms. The van der Waals surface area contributed by atoms with Gasteiger partial charge in [-0.1, -0.05) is 117 Å². The summed E-state index contributed by atoms with van der Waals surface area (Å²) in [5, 5.41) is 8.44. The van der Waals surface area contributed by atoms with E-state index < -0.39 is 53.1 Å². The number of halogens is 1. The first-order valence-corrected chi connectivity index (χ1v) is 23.6. The van der Waals surface area contributed by atoms with Gasteiger partial charge in [0.05, 0.1) is 44.8 Å². The third kappa shape index (κ3) is 19.4. The van der Waals surface area contributed by atoms with E-state index in [-0.39, 0.29) is 85.4 Å². The third-order valence-electron chi connectivity index (χ3n) is 10.9. The highest BCUT2D eigenvalue weighted by atomic mass is 127. The fraction of sp³-hybridized carbons (Fsp3) is 0.571. The van der Waals surface area contributed by atoms with E-state index in [2.05, 4.69) is 21.9 Å². The Balaban J connectivity index is 1.85. The summed E-state index contributed by atoms with van der Waals surface area (Å²) in [6.07, 6.45) is 6.25. The first-order valence-electron chi connectivity index (χ1n) is 22.1. The maximum Gasteiger partial charge on any atom is 0.307 e. The number of carbonyl (C=O) groups excluding carboxylic acids is 7. The molecular formula is C49H67IN4O9. The number of terminal acetylenes is 1. The van der Waals surface area contributed by atoms with Crippen molar-refractivity contribution in [1.82, 2.24) is 20.9 Å². The Hall–Kier alpha value is -4.46. The Labute approximate surface area is 387 Å². The van der Waals surface area contributed by atoms with Gasteiger partial charge < -0.3 is 25.4 Å². The van der Waals surface area contributed by atoms with Crippen LogP contribution in [0.3, 0.4) is 0 Å². The second kappa shape index (κ2) is 27.7. The van der Waals surface area contributed by atoms with E-state index in [1.807, 2.05) is 116 Å². The largest absolute Gasteiger partial charge is 0.450 e. The lowest BCUT2D eigenvalue weighted by Gasteiger charge is -2.32. The van der Waals surface area contributed by atoms with Gasteiger partial charge in [0.15, 0.2) is 17.2 Å². The number of hydrogen-bond donors (Lipinski definition) is 3. The molecule has 1 saturated heterocycles. The molecule has 0 bridgehead atoms. The van der Waals surface area contributed by atoms with Crippen LogP contribution in [-0.4, -0.2) is 107 Å². The van der Waals surface area contributed by atoms with Crippen LogP contribution in [0.25, 0.3) is 0 Å². The van der Waals surface area contributed by atoms with Crippen LogP contribution in [0.1, 0.15) is 90.7 Å². The van der Waals surface area contributed by atoms with E-state index in [1.165, 1.54) is 6.92 Å². The van der Waals surface area contributed by atoms with Crippen LogP contribution in [0.2, 0.25) is 0 Å². The summed E-state index contributed by atoms with van der Waals surface area (Å²) in [6.45, 7) is 11.8. The number of benzene rings is 2. The Morgan fingerprint density at radius 2 is 1.38 bits per heavy atom. The number of hydrogen-bond acceptors (Lipinski definition) is 10. The lowest BCUT2D eigenvalue weighted by molar-refractivity contribution is -0.164. The quantitative estimate of drug-likeness (QED) is 0.0443. The zero-order valence-electron chi connectivity index (χ0n) is 37.6. The predicted octanol–water partition coefficient (Wildman–Crippen LogP) is 5.24. The number of ether oxygens (including phenoxy) is 2. The van der Waals surface area contributed by atoms with Crippen LogP contribution in [-0.2, 0) is 55.9 Å². The van der Waals surface area contributed by atoms with E-state index in [0.29, 0.717) is 45.6 Å². The van der Waals surface area contributed by atoms with Gasteiger partial charge in [-0.05, 0) is 62.0 Å². The van der Waals surface area contributed by atoms with Crippen molar-refractivity contribution in [2.45, 2.75) is 110 Å². The molecule has 63 heavy (non-hydrogen) atoms. The minimum atomic E-state index is -1.63. The molecule has 344 valence electrons. The summed E-state index contributed by atoms with van der Waals surface area (Å²) in [5.41, 5.74) is 0.212. The van der Waals surface area contributed by atoms with Crippen molar-refractivity contribution in [3.05, 3.63) is 71.8 Å². The van der Waals surface area contributed by atoms with Crippen molar-refractivity contribution in [3.63, 3.8) is 0 Å². The monoisotopic (exact) mass is 982 g/mol. The number of morpholine rings is 1. The van der Waals surface area contributed by atoms with E-state index in [9.17, 15) is 33.6 Å². The zero-order valence-corrected chi connectivity index (χ0v) is 39.8. The molecule has 0 spiro atoms. The highest BCUT2D eigenvalue weighted by Gasteiger charge is 2.42. The average Bonchev–Trinajstić information content (AvgIpc) is 3.25. The molecule has 0 aliphatic carbocycles. The van der Waals surface area contributed by atoms with Gasteiger partial charge in [0.2, 0.25) is 17.7 Å². The van der Waals surface area contributed by atoms with Crippen LogP contribution >= 0.6 is 22.6 Å². The molecule has 1 aliphatic rings. The van der Waals surface area contributed by atoms with Crippen molar-refractivity contribution in [3.8, 4) is 12.3 Å². The Kier molecular flexibility index (Phi) is 23.2. The number of amides is 3. The number of nitrogens with zero attached hydrogens (tertiary/aromatic N) is 1. The summed E-state index contributed by atoms with van der Waals surface area (Å²) in [4.78, 5) is 97.8. The van der Waals surface area contributed by atoms with Crippen molar-refractivity contribution in [1.29, 1.82) is 0 Å². The van der Waals surface area contributed by atoms with E-state index in [4.69, 9.17) is 15.9 Å². The van der Waals surface area contributed by atoms with Crippen molar-refractivity contribution in [2.24, 2.45) is 23.7 Å². The van der Waals surface area contributed by atoms with E-state index in [0.717, 1.165) is 11.1 Å². The SMILES string of the molecule is C#CCNC(=O)CCC(=O)O[C@](C)(CI)C(=O)[C@H](CC(C)C)NC(=O)[C@@H](CC(=O)[C@H](CC(C)C)NC(=O)[C@H](CCc1ccccc1)CC(=O)CN1CCOCC1)Cc1ccccc1. The summed E-state index contributed by atoms with van der Waals surface area (Å²) >= 11 is 1.96. The molecule has 3 amide bonds. The molecule has 1 aliphatic heterocycles. The van der Waals surface area contributed by atoms with Crippen molar-refractivity contribution < 1.29 is 43.0 Å². The fourth-order valence-corrected chi connectivity index (χ4v) is 8.02. The lowest BCUT2D eigenvalue weighted by Crippen LogP contribution is -2.55. The third-order valence-corrected chi connectivity index (χ3v) is 12.4. The summed E-state index contributed by atoms with van der Waals surface area (Å²) < 4.78 is 11.2. The molecule has 0 unspecified atom stereocenters. The van der Waals surface area contributed by atoms with Gasteiger partial charge in [-0.15, -0.1) is 6.42 Å². The Morgan fingerprint density at radius 3 is 1.97 bits per heavy atom. The number of carbonyl (C=O) groups is 7. The molecule has 3 rings (SSSR count).